The lowest BCUT2D eigenvalue weighted by molar-refractivity contribution is 0.0679. The number of hydrogen-bond acceptors (Lipinski definition) is 5. The first-order valence-electron chi connectivity index (χ1n) is 11.1. The Morgan fingerprint density at radius 1 is 0.722 bits per heavy atom. The summed E-state index contributed by atoms with van der Waals surface area (Å²) in [4.78, 5) is 25.3. The molecule has 0 radical (unpaired) electrons. The molecule has 0 bridgehead atoms. The molecule has 4 aromatic rings. The maximum atomic E-state index is 13.7. The van der Waals surface area contributed by atoms with Crippen LogP contribution in [0.2, 0.25) is 0 Å². The summed E-state index contributed by atoms with van der Waals surface area (Å²) in [5, 5.41) is 26.5. The number of nitrogens with one attached hydrogen (secondary N) is 2. The standard InChI is InChI=1S/C28H24N2O5S/c1-17-8-6-10-19(14-17)29-23-16-22(27(31)32)26(36(35)21-12-4-3-5-13-21)25(24(23)28(33)34)30-20-11-7-9-18(2)15-20/h3-16,29-30H,1-2H3,(H,31,32)(H,33,34). The highest BCUT2D eigenvalue weighted by molar-refractivity contribution is 7.85. The van der Waals surface area contributed by atoms with Gasteiger partial charge in [0.25, 0.3) is 0 Å². The first kappa shape index (κ1) is 24.7. The molecule has 8 heteroatoms. The Kier molecular flexibility index (Phi) is 7.17. The second kappa shape index (κ2) is 10.5. The number of carbonyl (C=O) groups is 2. The van der Waals surface area contributed by atoms with Gasteiger partial charge in [0.2, 0.25) is 0 Å². The minimum absolute atomic E-state index is 0.0506. The second-order valence-corrected chi connectivity index (χ2v) is 9.65. The van der Waals surface area contributed by atoms with Crippen LogP contribution in [0.5, 0.6) is 0 Å². The number of rotatable bonds is 8. The van der Waals surface area contributed by atoms with Crippen molar-refractivity contribution in [2.24, 2.45) is 0 Å². The Bertz CT molecular complexity index is 1490. The van der Waals surface area contributed by atoms with E-state index in [1.807, 2.05) is 32.0 Å². The monoisotopic (exact) mass is 500 g/mol. The minimum atomic E-state index is -1.99. The number of hydrogen-bond donors (Lipinski definition) is 4. The molecule has 0 spiro atoms. The average molecular weight is 501 g/mol. The SMILES string of the molecule is Cc1cccc(Nc2cc(C(=O)O)c(S(=O)c3ccccc3)c(Nc3cccc(C)c3)c2C(=O)O)c1. The van der Waals surface area contributed by atoms with Gasteiger partial charge in [-0.25, -0.2) is 13.8 Å². The van der Waals surface area contributed by atoms with Crippen LogP contribution >= 0.6 is 0 Å². The number of anilines is 4. The number of aryl methyl sites for hydroxylation is 2. The highest BCUT2D eigenvalue weighted by Crippen LogP contribution is 2.39. The largest absolute Gasteiger partial charge is 0.478 e. The number of benzene rings is 4. The summed E-state index contributed by atoms with van der Waals surface area (Å²) >= 11 is 0. The Balaban J connectivity index is 2.02. The lowest BCUT2D eigenvalue weighted by atomic mass is 10.0. The van der Waals surface area contributed by atoms with Gasteiger partial charge >= 0.3 is 11.9 Å². The molecule has 0 aliphatic carbocycles. The number of carboxylic acid groups (broad SMARTS) is 2. The lowest BCUT2D eigenvalue weighted by Crippen LogP contribution is -2.15. The van der Waals surface area contributed by atoms with Crippen LogP contribution < -0.4 is 10.6 Å². The van der Waals surface area contributed by atoms with Crippen molar-refractivity contribution in [2.75, 3.05) is 10.6 Å². The van der Waals surface area contributed by atoms with Gasteiger partial charge in [0.1, 0.15) is 5.56 Å². The highest BCUT2D eigenvalue weighted by Gasteiger charge is 2.29. The normalized spacial score (nSPS) is 11.5. The third-order valence-corrected chi connectivity index (χ3v) is 6.95. The first-order valence-corrected chi connectivity index (χ1v) is 12.2. The zero-order valence-electron chi connectivity index (χ0n) is 19.6. The van der Waals surface area contributed by atoms with Crippen molar-refractivity contribution in [2.45, 2.75) is 23.6 Å². The van der Waals surface area contributed by atoms with Crippen LogP contribution in [0.3, 0.4) is 0 Å². The van der Waals surface area contributed by atoms with Crippen molar-refractivity contribution in [1.29, 1.82) is 0 Å². The van der Waals surface area contributed by atoms with Crippen molar-refractivity contribution in [3.05, 3.63) is 107 Å². The molecule has 7 nitrogen and oxygen atoms in total. The summed E-state index contributed by atoms with van der Waals surface area (Å²) in [6.45, 7) is 3.77. The molecule has 182 valence electrons. The zero-order chi connectivity index (χ0) is 25.8. The van der Waals surface area contributed by atoms with Gasteiger partial charge in [-0.15, -0.1) is 0 Å². The third-order valence-electron chi connectivity index (χ3n) is 5.45. The molecule has 0 aliphatic rings. The summed E-state index contributed by atoms with van der Waals surface area (Å²) in [5.41, 5.74) is 2.50. The molecule has 0 saturated heterocycles. The topological polar surface area (TPSA) is 116 Å². The third kappa shape index (κ3) is 5.29. The molecule has 0 amide bonds. The Labute approximate surface area is 210 Å². The smallest absolute Gasteiger partial charge is 0.339 e. The average Bonchev–Trinajstić information content (AvgIpc) is 2.83. The fraction of sp³-hybridized carbons (Fsp3) is 0.0714. The van der Waals surface area contributed by atoms with Gasteiger partial charge in [0.05, 0.1) is 32.6 Å². The van der Waals surface area contributed by atoms with Crippen LogP contribution in [-0.2, 0) is 10.8 Å². The van der Waals surface area contributed by atoms with Crippen LogP contribution in [0, 0.1) is 13.8 Å². The van der Waals surface area contributed by atoms with E-state index in [2.05, 4.69) is 10.6 Å². The fourth-order valence-corrected chi connectivity index (χ4v) is 5.19. The van der Waals surface area contributed by atoms with E-state index in [1.54, 1.807) is 60.7 Å². The lowest BCUT2D eigenvalue weighted by Gasteiger charge is -2.21. The van der Waals surface area contributed by atoms with Crippen molar-refractivity contribution in [3.63, 3.8) is 0 Å². The predicted octanol–water partition coefficient (Wildman–Crippen LogP) is 6.35. The summed E-state index contributed by atoms with van der Waals surface area (Å²) < 4.78 is 13.7. The van der Waals surface area contributed by atoms with E-state index in [1.165, 1.54) is 6.07 Å². The molecule has 0 aliphatic heterocycles. The zero-order valence-corrected chi connectivity index (χ0v) is 20.4. The number of carboxylic acids is 2. The van der Waals surface area contributed by atoms with Gasteiger partial charge < -0.3 is 20.8 Å². The van der Waals surface area contributed by atoms with Gasteiger partial charge in [0.15, 0.2) is 0 Å². The quantitative estimate of drug-likeness (QED) is 0.223. The summed E-state index contributed by atoms with van der Waals surface area (Å²) in [7, 11) is -1.99. The molecule has 4 N–H and O–H groups in total. The Morgan fingerprint density at radius 2 is 1.31 bits per heavy atom. The van der Waals surface area contributed by atoms with Crippen LogP contribution in [-0.4, -0.2) is 26.4 Å². The second-order valence-electron chi connectivity index (χ2n) is 8.23. The van der Waals surface area contributed by atoms with Gasteiger partial charge in [-0.2, -0.15) is 0 Å². The van der Waals surface area contributed by atoms with Gasteiger partial charge in [-0.1, -0.05) is 42.5 Å². The van der Waals surface area contributed by atoms with E-state index in [0.717, 1.165) is 11.1 Å². The predicted molar refractivity (Wildman–Crippen MR) is 140 cm³/mol. The molecular formula is C28H24N2O5S. The van der Waals surface area contributed by atoms with Crippen molar-refractivity contribution < 1.29 is 24.0 Å². The minimum Gasteiger partial charge on any atom is -0.478 e. The van der Waals surface area contributed by atoms with E-state index < -0.39 is 22.7 Å². The maximum absolute atomic E-state index is 13.7. The van der Waals surface area contributed by atoms with Crippen LogP contribution in [0.15, 0.2) is 94.7 Å². The maximum Gasteiger partial charge on any atom is 0.339 e. The molecule has 36 heavy (non-hydrogen) atoms. The number of aromatic carboxylic acids is 2. The van der Waals surface area contributed by atoms with E-state index in [9.17, 15) is 24.0 Å². The van der Waals surface area contributed by atoms with Gasteiger partial charge in [-0.3, -0.25) is 0 Å². The Hall–Kier alpha value is -4.43. The van der Waals surface area contributed by atoms with Gasteiger partial charge in [-0.05, 0) is 67.4 Å². The van der Waals surface area contributed by atoms with Crippen LogP contribution in [0.4, 0.5) is 22.7 Å². The fourth-order valence-electron chi connectivity index (χ4n) is 3.86. The summed E-state index contributed by atoms with van der Waals surface area (Å²) in [6.07, 6.45) is 0. The van der Waals surface area contributed by atoms with E-state index in [4.69, 9.17) is 0 Å². The van der Waals surface area contributed by atoms with E-state index in [-0.39, 0.29) is 27.4 Å². The van der Waals surface area contributed by atoms with E-state index in [0.29, 0.717) is 16.3 Å². The van der Waals surface area contributed by atoms with Crippen LogP contribution in [0.25, 0.3) is 0 Å². The van der Waals surface area contributed by atoms with Crippen molar-refractivity contribution >= 4 is 45.5 Å². The highest BCUT2D eigenvalue weighted by atomic mass is 32.2. The van der Waals surface area contributed by atoms with E-state index >= 15 is 0 Å². The van der Waals surface area contributed by atoms with Gasteiger partial charge in [0, 0.05) is 16.3 Å². The molecule has 0 aromatic heterocycles. The summed E-state index contributed by atoms with van der Waals surface area (Å²) in [6, 6.07) is 24.0. The molecular weight excluding hydrogens is 476 g/mol. The van der Waals surface area contributed by atoms with Crippen LogP contribution in [0.1, 0.15) is 31.8 Å². The van der Waals surface area contributed by atoms with Crippen molar-refractivity contribution in [1.82, 2.24) is 0 Å². The molecule has 0 heterocycles. The molecule has 1 atom stereocenters. The molecule has 4 rings (SSSR count). The summed E-state index contributed by atoms with van der Waals surface area (Å²) in [5.74, 6) is -2.63. The molecule has 1 unspecified atom stereocenters. The first-order chi connectivity index (χ1) is 17.2. The Morgan fingerprint density at radius 3 is 1.83 bits per heavy atom. The molecule has 0 saturated carbocycles. The molecule has 4 aromatic carbocycles. The molecule has 0 fully saturated rings. The van der Waals surface area contributed by atoms with Crippen molar-refractivity contribution in [3.8, 4) is 0 Å².